The van der Waals surface area contributed by atoms with Crippen molar-refractivity contribution < 1.29 is 9.53 Å². The molecule has 3 aromatic carbocycles. The van der Waals surface area contributed by atoms with E-state index >= 15 is 0 Å². The molecule has 4 aromatic rings. The average Bonchev–Trinajstić information content (AvgIpc) is 2.82. The number of rotatable bonds is 9. The summed E-state index contributed by atoms with van der Waals surface area (Å²) in [4.78, 5) is 20.8. The molecule has 168 valence electrons. The van der Waals surface area contributed by atoms with E-state index < -0.39 is 5.91 Å². The maximum atomic E-state index is 12.1. The van der Waals surface area contributed by atoms with Gasteiger partial charge in [-0.1, -0.05) is 54.1 Å². The molecule has 1 amide bonds. The number of hydrazine groups is 1. The van der Waals surface area contributed by atoms with Crippen LogP contribution in [-0.2, 0) is 13.0 Å². The van der Waals surface area contributed by atoms with E-state index in [1.165, 1.54) is 6.33 Å². The van der Waals surface area contributed by atoms with Crippen molar-refractivity contribution in [1.29, 1.82) is 0 Å². The lowest BCUT2D eigenvalue weighted by Gasteiger charge is -2.20. The van der Waals surface area contributed by atoms with E-state index in [-0.39, 0.29) is 5.56 Å². The third-order valence-electron chi connectivity index (χ3n) is 5.23. The maximum Gasteiger partial charge on any atom is 0.251 e. The van der Waals surface area contributed by atoms with Crippen LogP contribution in [0.5, 0.6) is 5.75 Å². The fourth-order valence-corrected chi connectivity index (χ4v) is 3.83. The first kappa shape index (κ1) is 22.5. The van der Waals surface area contributed by atoms with Gasteiger partial charge in [0.15, 0.2) is 5.82 Å². The zero-order valence-corrected chi connectivity index (χ0v) is 18.7. The summed E-state index contributed by atoms with van der Waals surface area (Å²) in [5.41, 5.74) is 8.46. The molecule has 7 nitrogen and oxygen atoms in total. The van der Waals surface area contributed by atoms with Crippen molar-refractivity contribution in [2.24, 2.45) is 11.6 Å². The topological polar surface area (TPSA) is 107 Å². The number of benzene rings is 3. The first-order valence-electron chi connectivity index (χ1n) is 10.5. The SMILES string of the molecule is NC(=O)c1cc(OCc2ccccc2)cc2c(N(N)CCCc3cccc(Cl)c3)ncnc12. The molecule has 0 saturated heterocycles. The Balaban J connectivity index is 1.57. The van der Waals surface area contributed by atoms with E-state index in [2.05, 4.69) is 9.97 Å². The second-order valence-electron chi connectivity index (χ2n) is 7.63. The number of primary amides is 1. The molecule has 8 heteroatoms. The molecular formula is C25H24ClN5O2. The van der Waals surface area contributed by atoms with Crippen LogP contribution in [0.2, 0.25) is 5.02 Å². The molecule has 0 aliphatic heterocycles. The Kier molecular flexibility index (Phi) is 7.02. The van der Waals surface area contributed by atoms with Crippen molar-refractivity contribution in [1.82, 2.24) is 9.97 Å². The number of carbonyl (C=O) groups excluding carboxylic acids is 1. The number of aryl methyl sites for hydroxylation is 1. The summed E-state index contributed by atoms with van der Waals surface area (Å²) in [7, 11) is 0. The number of hydrogen-bond donors (Lipinski definition) is 2. The summed E-state index contributed by atoms with van der Waals surface area (Å²) < 4.78 is 5.94. The lowest BCUT2D eigenvalue weighted by Crippen LogP contribution is -2.33. The van der Waals surface area contributed by atoms with Crippen LogP contribution in [0.25, 0.3) is 10.9 Å². The van der Waals surface area contributed by atoms with Crippen LogP contribution >= 0.6 is 11.6 Å². The van der Waals surface area contributed by atoms with Crippen LogP contribution in [0.4, 0.5) is 5.82 Å². The Morgan fingerprint density at radius 2 is 1.79 bits per heavy atom. The van der Waals surface area contributed by atoms with Crippen LogP contribution in [0.1, 0.15) is 27.9 Å². The highest BCUT2D eigenvalue weighted by Gasteiger charge is 2.17. The van der Waals surface area contributed by atoms with Gasteiger partial charge in [-0.05, 0) is 48.2 Å². The lowest BCUT2D eigenvalue weighted by atomic mass is 10.1. The molecule has 0 bridgehead atoms. The van der Waals surface area contributed by atoms with E-state index in [4.69, 9.17) is 27.9 Å². The van der Waals surface area contributed by atoms with E-state index in [1.807, 2.05) is 54.6 Å². The Labute approximate surface area is 196 Å². The van der Waals surface area contributed by atoms with Crippen molar-refractivity contribution in [3.05, 3.63) is 94.8 Å². The molecule has 0 atom stereocenters. The quantitative estimate of drug-likeness (QED) is 0.284. The minimum Gasteiger partial charge on any atom is -0.489 e. The standard InChI is InChI=1S/C25H24ClN5O2/c26-19-10-4-8-17(12-19)9-5-11-31(28)25-22-14-20(33-15-18-6-2-1-3-7-18)13-21(24(27)32)23(22)29-16-30-25/h1-4,6-8,10,12-14,16H,5,9,11,15,28H2,(H2,27,32). The zero-order valence-electron chi connectivity index (χ0n) is 17.9. The van der Waals surface area contributed by atoms with Crippen LogP contribution in [0.15, 0.2) is 73.1 Å². The number of aromatic nitrogens is 2. The van der Waals surface area contributed by atoms with Crippen molar-refractivity contribution in [2.45, 2.75) is 19.4 Å². The molecule has 0 unspecified atom stereocenters. The minimum absolute atomic E-state index is 0.256. The highest BCUT2D eigenvalue weighted by Crippen LogP contribution is 2.30. The van der Waals surface area contributed by atoms with Gasteiger partial charge in [-0.2, -0.15) is 0 Å². The smallest absolute Gasteiger partial charge is 0.251 e. The molecule has 0 fully saturated rings. The molecule has 33 heavy (non-hydrogen) atoms. The Morgan fingerprint density at radius 3 is 2.55 bits per heavy atom. The van der Waals surface area contributed by atoms with Gasteiger partial charge in [-0.3, -0.25) is 9.80 Å². The van der Waals surface area contributed by atoms with Crippen LogP contribution in [0.3, 0.4) is 0 Å². The maximum absolute atomic E-state index is 12.1. The summed E-state index contributed by atoms with van der Waals surface area (Å²) in [5.74, 6) is 6.75. The third-order valence-corrected chi connectivity index (χ3v) is 5.47. The summed E-state index contributed by atoms with van der Waals surface area (Å²) in [6.45, 7) is 0.888. The van der Waals surface area contributed by atoms with Crippen LogP contribution in [0, 0.1) is 0 Å². The Morgan fingerprint density at radius 1 is 1.00 bits per heavy atom. The van der Waals surface area contributed by atoms with E-state index in [1.54, 1.807) is 17.1 Å². The second kappa shape index (κ2) is 10.3. The predicted octanol–water partition coefficient (Wildman–Crippen LogP) is 4.27. The summed E-state index contributed by atoms with van der Waals surface area (Å²) in [5, 5.41) is 2.86. The molecule has 4 rings (SSSR count). The predicted molar refractivity (Wildman–Crippen MR) is 130 cm³/mol. The number of amides is 1. The monoisotopic (exact) mass is 461 g/mol. The van der Waals surface area contributed by atoms with E-state index in [9.17, 15) is 4.79 Å². The summed E-state index contributed by atoms with van der Waals surface area (Å²) >= 11 is 6.07. The fraction of sp³-hybridized carbons (Fsp3) is 0.160. The third kappa shape index (κ3) is 5.58. The largest absolute Gasteiger partial charge is 0.489 e. The minimum atomic E-state index is -0.598. The van der Waals surface area contributed by atoms with Gasteiger partial charge >= 0.3 is 0 Å². The summed E-state index contributed by atoms with van der Waals surface area (Å²) in [6.07, 6.45) is 2.98. The van der Waals surface area contributed by atoms with E-state index in [0.29, 0.717) is 40.6 Å². The van der Waals surface area contributed by atoms with Gasteiger partial charge in [0.25, 0.3) is 5.91 Å². The first-order valence-corrected chi connectivity index (χ1v) is 10.9. The summed E-state index contributed by atoms with van der Waals surface area (Å²) in [6, 6.07) is 20.9. The molecule has 1 heterocycles. The highest BCUT2D eigenvalue weighted by molar-refractivity contribution is 6.30. The molecular weight excluding hydrogens is 438 g/mol. The number of halogens is 1. The van der Waals surface area contributed by atoms with Crippen molar-refractivity contribution in [2.75, 3.05) is 11.6 Å². The Bertz CT molecular complexity index is 1270. The van der Waals surface area contributed by atoms with Crippen LogP contribution < -0.4 is 21.3 Å². The number of fused-ring (bicyclic) bond motifs is 1. The molecule has 0 aliphatic rings. The number of anilines is 1. The Hall–Kier alpha value is -3.68. The number of carbonyl (C=O) groups is 1. The van der Waals surface area contributed by atoms with Gasteiger partial charge in [0, 0.05) is 17.0 Å². The normalized spacial score (nSPS) is 10.8. The van der Waals surface area contributed by atoms with E-state index in [0.717, 1.165) is 24.0 Å². The fourth-order valence-electron chi connectivity index (χ4n) is 3.62. The highest BCUT2D eigenvalue weighted by atomic mass is 35.5. The molecule has 4 N–H and O–H groups in total. The first-order chi connectivity index (χ1) is 16.0. The van der Waals surface area contributed by atoms with Gasteiger partial charge in [-0.15, -0.1) is 0 Å². The number of nitrogens with zero attached hydrogens (tertiary/aromatic N) is 3. The van der Waals surface area contributed by atoms with Crippen molar-refractivity contribution in [3.8, 4) is 5.75 Å². The molecule has 0 aliphatic carbocycles. The van der Waals surface area contributed by atoms with Gasteiger partial charge in [0.1, 0.15) is 18.7 Å². The average molecular weight is 462 g/mol. The van der Waals surface area contributed by atoms with Crippen LogP contribution in [-0.4, -0.2) is 22.4 Å². The van der Waals surface area contributed by atoms with Crippen molar-refractivity contribution in [3.63, 3.8) is 0 Å². The van der Waals surface area contributed by atoms with Gasteiger partial charge < -0.3 is 10.5 Å². The molecule has 0 saturated carbocycles. The molecule has 0 spiro atoms. The molecule has 0 radical (unpaired) electrons. The number of hydrogen-bond acceptors (Lipinski definition) is 6. The second-order valence-corrected chi connectivity index (χ2v) is 8.07. The van der Waals surface area contributed by atoms with Gasteiger partial charge in [0.05, 0.1) is 11.1 Å². The zero-order chi connectivity index (χ0) is 23.2. The van der Waals surface area contributed by atoms with Crippen molar-refractivity contribution >= 4 is 34.2 Å². The molecule has 1 aromatic heterocycles. The van der Waals surface area contributed by atoms with Gasteiger partial charge in [0.2, 0.25) is 0 Å². The lowest BCUT2D eigenvalue weighted by molar-refractivity contribution is 0.100. The number of ether oxygens (including phenoxy) is 1. The number of nitrogens with two attached hydrogens (primary N) is 2. The van der Waals surface area contributed by atoms with Gasteiger partial charge in [-0.25, -0.2) is 15.8 Å².